The van der Waals surface area contributed by atoms with Crippen LogP contribution in [0.5, 0.6) is 17.2 Å². The molecule has 1 heterocycles. The van der Waals surface area contributed by atoms with Crippen LogP contribution in [0.1, 0.15) is 15.9 Å². The smallest absolute Gasteiger partial charge is 0.257 e. The molecule has 1 amide bonds. The molecule has 0 saturated carbocycles. The van der Waals surface area contributed by atoms with Crippen LogP contribution < -0.4 is 19.5 Å². The van der Waals surface area contributed by atoms with Crippen molar-refractivity contribution in [3.8, 4) is 17.2 Å². The van der Waals surface area contributed by atoms with E-state index < -0.39 is 17.5 Å². The molecule has 0 bridgehead atoms. The molecule has 1 N–H and O–H groups in total. The van der Waals surface area contributed by atoms with Gasteiger partial charge in [0.25, 0.3) is 5.91 Å². The maximum absolute atomic E-state index is 13.4. The maximum atomic E-state index is 13.4. The topological polar surface area (TPSA) is 69.7 Å². The molecule has 4 rings (SSSR count). The Morgan fingerprint density at radius 1 is 1.00 bits per heavy atom. The second-order valence-electron chi connectivity index (χ2n) is 6.69. The molecule has 9 heteroatoms. The molecule has 3 aromatic carbocycles. The normalized spacial score (nSPS) is 10.8. The van der Waals surface area contributed by atoms with Crippen LogP contribution >= 0.6 is 11.3 Å². The standard InChI is InChI=1S/C23H18F2N2O4S/c1-29-18-8-14(9-19(30-2)21(18)31-12-13-6-4-3-5-7-13)22(28)27-23-26-17-10-15(24)16(25)11-20(17)32-23/h3-11H,12H2,1-2H3,(H,26,27,28). The lowest BCUT2D eigenvalue weighted by atomic mass is 10.1. The summed E-state index contributed by atoms with van der Waals surface area (Å²) in [7, 11) is 2.92. The van der Waals surface area contributed by atoms with E-state index in [9.17, 15) is 13.6 Å². The quantitative estimate of drug-likeness (QED) is 0.402. The van der Waals surface area contributed by atoms with E-state index in [1.807, 2.05) is 30.3 Å². The van der Waals surface area contributed by atoms with Crippen LogP contribution in [-0.2, 0) is 6.61 Å². The van der Waals surface area contributed by atoms with Crippen molar-refractivity contribution in [3.05, 3.63) is 77.4 Å². The Bertz CT molecular complexity index is 1210. The number of benzene rings is 3. The van der Waals surface area contributed by atoms with Crippen LogP contribution in [0, 0.1) is 11.6 Å². The zero-order valence-electron chi connectivity index (χ0n) is 17.1. The number of hydrogen-bond acceptors (Lipinski definition) is 6. The molecule has 0 unspecified atom stereocenters. The van der Waals surface area contributed by atoms with Crippen molar-refractivity contribution in [1.29, 1.82) is 0 Å². The van der Waals surface area contributed by atoms with Gasteiger partial charge in [-0.3, -0.25) is 10.1 Å². The third-order valence-electron chi connectivity index (χ3n) is 4.60. The van der Waals surface area contributed by atoms with Crippen LogP contribution in [0.4, 0.5) is 13.9 Å². The van der Waals surface area contributed by atoms with E-state index in [-0.39, 0.29) is 22.8 Å². The van der Waals surface area contributed by atoms with E-state index in [1.54, 1.807) is 0 Å². The van der Waals surface area contributed by atoms with Crippen LogP contribution in [0.2, 0.25) is 0 Å². The molecule has 0 atom stereocenters. The molecule has 0 saturated heterocycles. The van der Waals surface area contributed by atoms with Crippen molar-refractivity contribution in [2.75, 3.05) is 19.5 Å². The number of aromatic nitrogens is 1. The molecular weight excluding hydrogens is 438 g/mol. The lowest BCUT2D eigenvalue weighted by Gasteiger charge is -2.16. The number of nitrogens with zero attached hydrogens (tertiary/aromatic N) is 1. The van der Waals surface area contributed by atoms with Gasteiger partial charge in [0, 0.05) is 11.6 Å². The van der Waals surface area contributed by atoms with E-state index in [1.165, 1.54) is 26.4 Å². The van der Waals surface area contributed by atoms with Crippen molar-refractivity contribution < 1.29 is 27.8 Å². The molecule has 0 aliphatic heterocycles. The monoisotopic (exact) mass is 456 g/mol. The van der Waals surface area contributed by atoms with E-state index in [0.717, 1.165) is 29.0 Å². The number of halogens is 2. The predicted octanol–water partition coefficient (Wildman–Crippen LogP) is 5.42. The Balaban J connectivity index is 1.58. The van der Waals surface area contributed by atoms with Gasteiger partial charge in [0.1, 0.15) is 6.61 Å². The third-order valence-corrected chi connectivity index (χ3v) is 5.53. The first kappa shape index (κ1) is 21.5. The highest BCUT2D eigenvalue weighted by atomic mass is 32.1. The summed E-state index contributed by atoms with van der Waals surface area (Å²) in [4.78, 5) is 16.9. The predicted molar refractivity (Wildman–Crippen MR) is 118 cm³/mol. The first-order valence-corrected chi connectivity index (χ1v) is 10.3. The number of carbonyl (C=O) groups is 1. The highest BCUT2D eigenvalue weighted by Crippen LogP contribution is 2.39. The Morgan fingerprint density at radius 2 is 1.66 bits per heavy atom. The minimum absolute atomic E-state index is 0.206. The maximum Gasteiger partial charge on any atom is 0.257 e. The van der Waals surface area contributed by atoms with Crippen LogP contribution in [0.15, 0.2) is 54.6 Å². The zero-order valence-corrected chi connectivity index (χ0v) is 18.0. The van der Waals surface area contributed by atoms with E-state index >= 15 is 0 Å². The average molecular weight is 456 g/mol. The van der Waals surface area contributed by atoms with Crippen LogP contribution in [0.25, 0.3) is 10.2 Å². The summed E-state index contributed by atoms with van der Waals surface area (Å²) in [6.07, 6.45) is 0. The fourth-order valence-electron chi connectivity index (χ4n) is 3.03. The van der Waals surface area contributed by atoms with Gasteiger partial charge in [-0.25, -0.2) is 13.8 Å². The van der Waals surface area contributed by atoms with Crippen molar-refractivity contribution in [2.24, 2.45) is 0 Å². The molecule has 0 aliphatic carbocycles. The molecule has 1 aromatic heterocycles. The molecule has 0 spiro atoms. The number of carbonyl (C=O) groups excluding carboxylic acids is 1. The van der Waals surface area contributed by atoms with Crippen molar-refractivity contribution in [2.45, 2.75) is 6.61 Å². The number of amides is 1. The van der Waals surface area contributed by atoms with Crippen molar-refractivity contribution in [3.63, 3.8) is 0 Å². The number of ether oxygens (including phenoxy) is 3. The van der Waals surface area contributed by atoms with Gasteiger partial charge in [-0.1, -0.05) is 41.7 Å². The van der Waals surface area contributed by atoms with Crippen LogP contribution in [-0.4, -0.2) is 25.1 Å². The van der Waals surface area contributed by atoms with E-state index in [4.69, 9.17) is 14.2 Å². The Labute approximate surface area is 186 Å². The molecule has 0 radical (unpaired) electrons. The second kappa shape index (κ2) is 9.19. The van der Waals surface area contributed by atoms with Gasteiger partial charge in [0.15, 0.2) is 28.3 Å². The Kier molecular flexibility index (Phi) is 6.18. The van der Waals surface area contributed by atoms with Crippen molar-refractivity contribution >= 4 is 32.6 Å². The average Bonchev–Trinajstić information content (AvgIpc) is 3.18. The number of methoxy groups -OCH3 is 2. The number of nitrogens with one attached hydrogen (secondary N) is 1. The fraction of sp³-hybridized carbons (Fsp3) is 0.130. The summed E-state index contributed by atoms with van der Waals surface area (Å²) in [5.41, 5.74) is 1.45. The Hall–Kier alpha value is -3.72. The summed E-state index contributed by atoms with van der Waals surface area (Å²) >= 11 is 1.04. The van der Waals surface area contributed by atoms with Crippen LogP contribution in [0.3, 0.4) is 0 Å². The van der Waals surface area contributed by atoms with Gasteiger partial charge in [0.2, 0.25) is 5.75 Å². The largest absolute Gasteiger partial charge is 0.493 e. The van der Waals surface area contributed by atoms with Gasteiger partial charge in [-0.2, -0.15) is 0 Å². The van der Waals surface area contributed by atoms with E-state index in [2.05, 4.69) is 10.3 Å². The first-order chi connectivity index (χ1) is 15.5. The molecule has 164 valence electrons. The summed E-state index contributed by atoms with van der Waals surface area (Å²) in [5.74, 6) is -1.46. The number of rotatable bonds is 7. The van der Waals surface area contributed by atoms with Gasteiger partial charge >= 0.3 is 0 Å². The summed E-state index contributed by atoms with van der Waals surface area (Å²) in [5, 5.41) is 2.84. The zero-order chi connectivity index (χ0) is 22.7. The molecule has 0 fully saturated rings. The van der Waals surface area contributed by atoms with Gasteiger partial charge in [-0.15, -0.1) is 0 Å². The third kappa shape index (κ3) is 4.47. The summed E-state index contributed by atoms with van der Waals surface area (Å²) in [6.45, 7) is 0.290. The van der Waals surface area contributed by atoms with Gasteiger partial charge < -0.3 is 14.2 Å². The molecule has 32 heavy (non-hydrogen) atoms. The second-order valence-corrected chi connectivity index (χ2v) is 7.72. The molecule has 4 aromatic rings. The molecule has 6 nitrogen and oxygen atoms in total. The fourth-order valence-corrected chi connectivity index (χ4v) is 3.90. The number of fused-ring (bicyclic) bond motifs is 1. The SMILES string of the molecule is COc1cc(C(=O)Nc2nc3cc(F)c(F)cc3s2)cc(OC)c1OCc1ccccc1. The van der Waals surface area contributed by atoms with Gasteiger partial charge in [-0.05, 0) is 23.8 Å². The lowest BCUT2D eigenvalue weighted by molar-refractivity contribution is 0.102. The first-order valence-electron chi connectivity index (χ1n) is 9.48. The number of hydrogen-bond donors (Lipinski definition) is 1. The summed E-state index contributed by atoms with van der Waals surface area (Å²) < 4.78 is 44.0. The minimum atomic E-state index is -0.999. The molecular formula is C23H18F2N2O4S. The Morgan fingerprint density at radius 3 is 2.31 bits per heavy atom. The van der Waals surface area contributed by atoms with E-state index in [0.29, 0.717) is 21.9 Å². The highest BCUT2D eigenvalue weighted by Gasteiger charge is 2.19. The number of thiazole rings is 1. The van der Waals surface area contributed by atoms with Gasteiger partial charge in [0.05, 0.1) is 24.4 Å². The molecule has 0 aliphatic rings. The van der Waals surface area contributed by atoms with Crippen molar-refractivity contribution in [1.82, 2.24) is 4.98 Å². The summed E-state index contributed by atoms with van der Waals surface area (Å²) in [6, 6.07) is 14.7. The minimum Gasteiger partial charge on any atom is -0.493 e. The number of anilines is 1. The lowest BCUT2D eigenvalue weighted by Crippen LogP contribution is -2.12. The highest BCUT2D eigenvalue weighted by molar-refractivity contribution is 7.22.